The molecule has 4 N–H and O–H groups in total. The molecule has 0 saturated carbocycles. The van der Waals surface area contributed by atoms with Gasteiger partial charge < -0.3 is 34.9 Å². The molecule has 2 aromatic carbocycles. The molecule has 220 valence electrons. The summed E-state index contributed by atoms with van der Waals surface area (Å²) in [6.07, 6.45) is 4.94. The van der Waals surface area contributed by atoms with Gasteiger partial charge in [-0.2, -0.15) is 0 Å². The number of rotatable bonds is 13. The van der Waals surface area contributed by atoms with Crippen LogP contribution in [0.1, 0.15) is 44.1 Å². The van der Waals surface area contributed by atoms with Crippen molar-refractivity contribution in [3.05, 3.63) is 54.2 Å². The number of carbonyl (C=O) groups excluding carboxylic acids is 1. The van der Waals surface area contributed by atoms with Gasteiger partial charge in [-0.25, -0.2) is 0 Å². The van der Waals surface area contributed by atoms with Gasteiger partial charge in [-0.3, -0.25) is 14.5 Å². The Morgan fingerprint density at radius 1 is 1.10 bits per heavy atom. The minimum atomic E-state index is -0.902. The number of hydrogen-bond donors (Lipinski definition) is 3. The molecule has 1 fully saturated rings. The normalized spacial score (nSPS) is 20.1. The van der Waals surface area contributed by atoms with Crippen LogP contribution in [0.5, 0.6) is 17.4 Å². The van der Waals surface area contributed by atoms with Crippen molar-refractivity contribution in [1.82, 2.24) is 14.4 Å². The lowest BCUT2D eigenvalue weighted by atomic mass is 9.84. The number of carboxylic acids is 1. The van der Waals surface area contributed by atoms with Gasteiger partial charge in [-0.1, -0.05) is 37.6 Å². The maximum atomic E-state index is 13.6. The lowest BCUT2D eigenvalue weighted by Gasteiger charge is -2.30. The lowest BCUT2D eigenvalue weighted by molar-refractivity contribution is -0.144. The molecule has 2 aliphatic rings. The van der Waals surface area contributed by atoms with Crippen LogP contribution >= 0.6 is 0 Å². The first kappa shape index (κ1) is 28.8. The molecule has 0 bridgehead atoms. The number of amides is 1. The molecular formula is C31H40N4O6. The summed E-state index contributed by atoms with van der Waals surface area (Å²) in [6, 6.07) is 12.8. The van der Waals surface area contributed by atoms with Crippen molar-refractivity contribution in [3.63, 3.8) is 0 Å². The number of aliphatic carboxylic acids is 1. The van der Waals surface area contributed by atoms with Crippen molar-refractivity contribution in [3.8, 4) is 17.4 Å². The molecule has 41 heavy (non-hydrogen) atoms. The number of nitrogens with two attached hydrogens (primary N) is 1. The molecule has 1 amide bonds. The van der Waals surface area contributed by atoms with Crippen LogP contribution in [0.3, 0.4) is 0 Å². The van der Waals surface area contributed by atoms with Crippen LogP contribution in [0, 0.1) is 5.92 Å². The summed E-state index contributed by atoms with van der Waals surface area (Å²) < 4.78 is 12.8. The Labute approximate surface area is 240 Å². The Kier molecular flexibility index (Phi) is 8.99. The topological polar surface area (TPSA) is 130 Å². The van der Waals surface area contributed by atoms with Crippen LogP contribution in [0.4, 0.5) is 0 Å². The second-order valence-corrected chi connectivity index (χ2v) is 11.0. The van der Waals surface area contributed by atoms with E-state index in [0.717, 1.165) is 35.6 Å². The van der Waals surface area contributed by atoms with Gasteiger partial charge in [0.15, 0.2) is 17.4 Å². The SMILES string of the molecule is CCCCN(CCCN)C(=O)CN1C[C@H](c2ccc3c(c2)OCO3)[C@@H](C(=O)O)[C@@H]1CCn1cc2ccccc2c1O. The van der Waals surface area contributed by atoms with E-state index in [1.54, 1.807) is 4.57 Å². The predicted octanol–water partition coefficient (Wildman–Crippen LogP) is 3.61. The molecule has 0 spiro atoms. The third-order valence-electron chi connectivity index (χ3n) is 8.40. The average molecular weight is 565 g/mol. The van der Waals surface area contributed by atoms with Crippen LogP contribution in [-0.4, -0.2) is 82.0 Å². The summed E-state index contributed by atoms with van der Waals surface area (Å²) >= 11 is 0. The molecule has 3 heterocycles. The minimum Gasteiger partial charge on any atom is -0.494 e. The highest BCUT2D eigenvalue weighted by Crippen LogP contribution is 2.43. The fourth-order valence-electron chi connectivity index (χ4n) is 6.24. The zero-order chi connectivity index (χ0) is 28.9. The first-order chi connectivity index (χ1) is 19.9. The molecular weight excluding hydrogens is 524 g/mol. The van der Waals surface area contributed by atoms with Crippen molar-refractivity contribution >= 4 is 22.6 Å². The number of carboxylic acid groups (broad SMARTS) is 1. The number of ether oxygens (including phenoxy) is 2. The molecule has 1 aromatic heterocycles. The summed E-state index contributed by atoms with van der Waals surface area (Å²) in [4.78, 5) is 30.3. The van der Waals surface area contributed by atoms with Gasteiger partial charge in [0.05, 0.1) is 12.5 Å². The van der Waals surface area contributed by atoms with Crippen LogP contribution in [0.2, 0.25) is 0 Å². The number of unbranched alkanes of at least 4 members (excludes halogenated alkanes) is 1. The van der Waals surface area contributed by atoms with E-state index in [-0.39, 0.29) is 31.0 Å². The lowest BCUT2D eigenvalue weighted by Crippen LogP contribution is -2.45. The number of aromatic nitrogens is 1. The fraction of sp³-hybridized carbons (Fsp3) is 0.484. The second kappa shape index (κ2) is 12.8. The molecule has 10 nitrogen and oxygen atoms in total. The summed E-state index contributed by atoms with van der Waals surface area (Å²) in [5, 5.41) is 23.0. The Morgan fingerprint density at radius 2 is 1.88 bits per heavy atom. The van der Waals surface area contributed by atoms with Crippen molar-refractivity contribution in [2.45, 2.75) is 51.1 Å². The van der Waals surface area contributed by atoms with E-state index in [1.807, 2.05) is 58.5 Å². The number of fused-ring (bicyclic) bond motifs is 2. The molecule has 2 aliphatic heterocycles. The summed E-state index contributed by atoms with van der Waals surface area (Å²) in [5.41, 5.74) is 6.59. The standard InChI is InChI=1S/C31H40N4O6/c1-2-3-13-33(14-6-12-32)28(36)19-35-18-24(21-9-10-26-27(16-21)41-20-40-26)29(31(38)39)25(35)11-15-34-17-22-7-4-5-8-23(22)30(34)37/h4-5,7-10,16-17,24-25,29,37H,2-3,6,11-15,18-20,32H2,1H3,(H,38,39)/t24-,25+,29-/m1/s1. The predicted molar refractivity (Wildman–Crippen MR) is 155 cm³/mol. The Hall–Kier alpha value is -3.76. The van der Waals surface area contributed by atoms with E-state index in [2.05, 4.69) is 6.92 Å². The van der Waals surface area contributed by atoms with Crippen molar-refractivity contribution < 1.29 is 29.3 Å². The van der Waals surface area contributed by atoms with Gasteiger partial charge in [0, 0.05) is 55.1 Å². The number of aryl methyl sites for hydroxylation is 1. The monoisotopic (exact) mass is 564 g/mol. The van der Waals surface area contributed by atoms with Crippen molar-refractivity contribution in [2.75, 3.05) is 39.5 Å². The molecule has 10 heteroatoms. The zero-order valence-electron chi connectivity index (χ0n) is 23.6. The van der Waals surface area contributed by atoms with Crippen molar-refractivity contribution in [2.24, 2.45) is 11.7 Å². The highest BCUT2D eigenvalue weighted by Gasteiger charge is 2.47. The largest absolute Gasteiger partial charge is 0.494 e. The summed E-state index contributed by atoms with van der Waals surface area (Å²) in [5.74, 6) is -0.595. The molecule has 0 unspecified atom stereocenters. The highest BCUT2D eigenvalue weighted by atomic mass is 16.7. The number of likely N-dealkylation sites (tertiary alicyclic amines) is 1. The Balaban J connectivity index is 1.43. The van der Waals surface area contributed by atoms with E-state index in [4.69, 9.17) is 15.2 Å². The maximum Gasteiger partial charge on any atom is 0.308 e. The number of nitrogens with zero attached hydrogens (tertiary/aromatic N) is 3. The number of hydrogen-bond acceptors (Lipinski definition) is 7. The summed E-state index contributed by atoms with van der Waals surface area (Å²) in [7, 11) is 0. The number of benzene rings is 2. The molecule has 3 atom stereocenters. The van der Waals surface area contributed by atoms with Crippen molar-refractivity contribution in [1.29, 1.82) is 0 Å². The fourth-order valence-corrected chi connectivity index (χ4v) is 6.24. The molecule has 3 aromatic rings. The first-order valence-corrected chi connectivity index (χ1v) is 14.5. The quantitative estimate of drug-likeness (QED) is 0.287. The molecule has 0 aliphatic carbocycles. The van der Waals surface area contributed by atoms with E-state index in [0.29, 0.717) is 50.6 Å². The van der Waals surface area contributed by atoms with Gasteiger partial charge in [0.2, 0.25) is 12.7 Å². The van der Waals surface area contributed by atoms with E-state index in [1.165, 1.54) is 0 Å². The molecule has 1 saturated heterocycles. The zero-order valence-corrected chi connectivity index (χ0v) is 23.6. The first-order valence-electron chi connectivity index (χ1n) is 14.5. The van der Waals surface area contributed by atoms with E-state index >= 15 is 0 Å². The van der Waals surface area contributed by atoms with Gasteiger partial charge in [0.25, 0.3) is 0 Å². The van der Waals surface area contributed by atoms with Gasteiger partial charge in [-0.15, -0.1) is 0 Å². The third-order valence-corrected chi connectivity index (χ3v) is 8.40. The Bertz CT molecular complexity index is 1370. The summed E-state index contributed by atoms with van der Waals surface area (Å²) in [6.45, 7) is 4.95. The number of aromatic hydroxyl groups is 1. The molecule has 5 rings (SSSR count). The van der Waals surface area contributed by atoms with Crippen LogP contribution < -0.4 is 15.2 Å². The molecule has 0 radical (unpaired) electrons. The smallest absolute Gasteiger partial charge is 0.308 e. The van der Waals surface area contributed by atoms with Gasteiger partial charge >= 0.3 is 5.97 Å². The highest BCUT2D eigenvalue weighted by molar-refractivity contribution is 5.87. The van der Waals surface area contributed by atoms with Crippen LogP contribution in [0.25, 0.3) is 10.8 Å². The maximum absolute atomic E-state index is 13.6. The average Bonchev–Trinajstić information content (AvgIpc) is 3.67. The van der Waals surface area contributed by atoms with E-state index in [9.17, 15) is 19.8 Å². The Morgan fingerprint density at radius 3 is 2.63 bits per heavy atom. The second-order valence-electron chi connectivity index (χ2n) is 11.0. The number of carbonyl (C=O) groups is 2. The van der Waals surface area contributed by atoms with Gasteiger partial charge in [-0.05, 0) is 49.6 Å². The van der Waals surface area contributed by atoms with Crippen LogP contribution in [0.15, 0.2) is 48.7 Å². The van der Waals surface area contributed by atoms with Gasteiger partial charge in [0.1, 0.15) is 0 Å². The van der Waals surface area contributed by atoms with Crippen LogP contribution in [-0.2, 0) is 16.1 Å². The third kappa shape index (κ3) is 6.13. The van der Waals surface area contributed by atoms with E-state index < -0.39 is 17.9 Å². The minimum absolute atomic E-state index is 0.0121.